The molecule has 0 amide bonds. The minimum atomic E-state index is -5.13. The lowest BCUT2D eigenvalue weighted by molar-refractivity contribution is -0.262. The number of hydrogen-bond donors (Lipinski definition) is 0. The van der Waals surface area contributed by atoms with Gasteiger partial charge in [0.1, 0.15) is 24.6 Å². The molecule has 0 aromatic heterocycles. The minimum Gasteiger partial charge on any atom is -0.501 e. The number of carbonyl (C=O) groups is 2. The maximum atomic E-state index is 13.5. The van der Waals surface area contributed by atoms with Gasteiger partial charge >= 0.3 is 12.1 Å². The summed E-state index contributed by atoms with van der Waals surface area (Å²) in [7, 11) is 1.56. The van der Waals surface area contributed by atoms with Gasteiger partial charge in [-0.1, -0.05) is 13.8 Å². The molecule has 6 rings (SSSR count). The Bertz CT molecular complexity index is 1090. The first-order valence-corrected chi connectivity index (χ1v) is 13.2. The number of esters is 1. The monoisotopic (exact) mass is 542 g/mol. The Morgan fingerprint density at radius 3 is 2.58 bits per heavy atom. The topological polar surface area (TPSA) is 89.5 Å². The Labute approximate surface area is 218 Å². The fourth-order valence-corrected chi connectivity index (χ4v) is 9.15. The second kappa shape index (κ2) is 8.52. The Balaban J connectivity index is 1.49. The highest BCUT2D eigenvalue weighted by Crippen LogP contribution is 2.72. The summed E-state index contributed by atoms with van der Waals surface area (Å²) in [6.45, 7) is 4.11. The third-order valence-electron chi connectivity index (χ3n) is 10.7. The van der Waals surface area contributed by atoms with E-state index >= 15 is 0 Å². The first kappa shape index (κ1) is 26.3. The summed E-state index contributed by atoms with van der Waals surface area (Å²) in [6, 6.07) is 0. The number of aldehydes is 1. The SMILES string of the molecule is COC1=CC2=C(C=O)C[C@H]3[C@H]([C@@H](OC(=O)C(F)(F)F)C[C@@]4(C)[C@H]3CC[C@@]43OCO[C@]34COCO4)[C@@]2(C)CC1. The molecule has 6 aliphatic rings. The molecule has 4 fully saturated rings. The van der Waals surface area contributed by atoms with E-state index in [-0.39, 0.29) is 38.4 Å². The summed E-state index contributed by atoms with van der Waals surface area (Å²) < 4.78 is 75.3. The Kier molecular flexibility index (Phi) is 5.89. The van der Waals surface area contributed by atoms with Crippen LogP contribution in [0.2, 0.25) is 0 Å². The van der Waals surface area contributed by atoms with Gasteiger partial charge in [-0.25, -0.2) is 4.79 Å². The van der Waals surface area contributed by atoms with E-state index in [9.17, 15) is 22.8 Å². The molecule has 2 saturated heterocycles. The molecule has 0 aromatic rings. The van der Waals surface area contributed by atoms with Crippen molar-refractivity contribution in [2.24, 2.45) is 28.6 Å². The predicted molar refractivity (Wildman–Crippen MR) is 123 cm³/mol. The van der Waals surface area contributed by atoms with Gasteiger partial charge in [0.25, 0.3) is 0 Å². The summed E-state index contributed by atoms with van der Waals surface area (Å²) >= 11 is 0. The number of rotatable bonds is 3. The molecule has 11 heteroatoms. The van der Waals surface area contributed by atoms with E-state index < -0.39 is 46.4 Å². The van der Waals surface area contributed by atoms with E-state index in [0.29, 0.717) is 37.7 Å². The fraction of sp³-hybridized carbons (Fsp3) is 0.778. The lowest BCUT2D eigenvalue weighted by Gasteiger charge is -2.61. The molecule has 0 aromatic carbocycles. The van der Waals surface area contributed by atoms with E-state index in [0.717, 1.165) is 17.6 Å². The van der Waals surface area contributed by atoms with Crippen molar-refractivity contribution < 1.29 is 51.2 Å². The standard InChI is InChI=1S/C27H33F3O8/c1-23-6-4-16(33-3)9-19(23)15(11-31)8-17-18-5-7-25(26(37-14-35-25)12-34-13-36-26)24(18,2)10-20(21(17)23)38-22(32)27(28,29)30/h9,11,17-18,20-21H,4-8,10,12-14H2,1-3H3/t17-,18+,20+,21-,23+,24+,25-,26-/m1/s1. The van der Waals surface area contributed by atoms with Gasteiger partial charge in [-0.3, -0.25) is 4.79 Å². The smallest absolute Gasteiger partial charge is 0.490 e. The molecule has 4 aliphatic carbocycles. The van der Waals surface area contributed by atoms with E-state index in [1.807, 2.05) is 19.9 Å². The third-order valence-corrected chi connectivity index (χ3v) is 10.7. The van der Waals surface area contributed by atoms with Crippen LogP contribution in [0.5, 0.6) is 0 Å². The van der Waals surface area contributed by atoms with E-state index in [4.69, 9.17) is 28.4 Å². The quantitative estimate of drug-likeness (QED) is 0.388. The van der Waals surface area contributed by atoms with Crippen LogP contribution in [-0.2, 0) is 38.0 Å². The maximum Gasteiger partial charge on any atom is 0.490 e. The molecule has 8 nitrogen and oxygen atoms in total. The van der Waals surface area contributed by atoms with Gasteiger partial charge in [0, 0.05) is 23.2 Å². The fourth-order valence-electron chi connectivity index (χ4n) is 9.15. The van der Waals surface area contributed by atoms with Crippen LogP contribution in [-0.4, -0.2) is 63.2 Å². The lowest BCUT2D eigenvalue weighted by atomic mass is 9.45. The number of hydrogen-bond acceptors (Lipinski definition) is 8. The summed E-state index contributed by atoms with van der Waals surface area (Å²) in [4.78, 5) is 24.7. The highest BCUT2D eigenvalue weighted by molar-refractivity contribution is 5.78. The molecule has 0 bridgehead atoms. The van der Waals surface area contributed by atoms with Crippen LogP contribution < -0.4 is 0 Å². The van der Waals surface area contributed by atoms with Gasteiger partial charge in [-0.2, -0.15) is 13.2 Å². The molecule has 0 N–H and O–H groups in total. The zero-order valence-electron chi connectivity index (χ0n) is 21.7. The van der Waals surface area contributed by atoms with Crippen LogP contribution in [0.4, 0.5) is 13.2 Å². The Hall–Kier alpha value is -1.95. The Morgan fingerprint density at radius 2 is 1.92 bits per heavy atom. The molecule has 8 atom stereocenters. The minimum absolute atomic E-state index is 0.0258. The lowest BCUT2D eigenvalue weighted by Crippen LogP contribution is -2.66. The van der Waals surface area contributed by atoms with Gasteiger partial charge in [0.05, 0.1) is 12.9 Å². The average molecular weight is 543 g/mol. The van der Waals surface area contributed by atoms with E-state index in [2.05, 4.69) is 0 Å². The maximum absolute atomic E-state index is 13.5. The molecule has 2 saturated carbocycles. The van der Waals surface area contributed by atoms with Crippen LogP contribution in [0.15, 0.2) is 23.0 Å². The van der Waals surface area contributed by atoms with Crippen LogP contribution in [0.3, 0.4) is 0 Å². The second-order valence-corrected chi connectivity index (χ2v) is 12.0. The number of methoxy groups -OCH3 is 1. The molecule has 38 heavy (non-hydrogen) atoms. The average Bonchev–Trinajstić information content (AvgIpc) is 3.57. The van der Waals surface area contributed by atoms with Gasteiger partial charge < -0.3 is 28.4 Å². The zero-order valence-corrected chi connectivity index (χ0v) is 21.7. The second-order valence-electron chi connectivity index (χ2n) is 12.0. The summed E-state index contributed by atoms with van der Waals surface area (Å²) in [5, 5.41) is 0. The summed E-state index contributed by atoms with van der Waals surface area (Å²) in [5.74, 6) is -3.33. The van der Waals surface area contributed by atoms with Crippen molar-refractivity contribution in [1.29, 1.82) is 0 Å². The van der Waals surface area contributed by atoms with Crippen molar-refractivity contribution in [2.75, 3.05) is 27.3 Å². The van der Waals surface area contributed by atoms with Crippen LogP contribution >= 0.6 is 0 Å². The van der Waals surface area contributed by atoms with Gasteiger partial charge in [0.2, 0.25) is 5.79 Å². The van der Waals surface area contributed by atoms with Gasteiger partial charge in [-0.05, 0) is 61.2 Å². The van der Waals surface area contributed by atoms with Crippen molar-refractivity contribution in [3.63, 3.8) is 0 Å². The van der Waals surface area contributed by atoms with Crippen molar-refractivity contribution in [2.45, 2.75) is 76.0 Å². The van der Waals surface area contributed by atoms with Crippen molar-refractivity contribution in [1.82, 2.24) is 0 Å². The highest BCUT2D eigenvalue weighted by atomic mass is 19.4. The van der Waals surface area contributed by atoms with Crippen LogP contribution in [0.25, 0.3) is 0 Å². The molecule has 2 spiro atoms. The summed E-state index contributed by atoms with van der Waals surface area (Å²) in [5.41, 5.74) is -1.04. The van der Waals surface area contributed by atoms with Crippen molar-refractivity contribution in [3.05, 3.63) is 23.0 Å². The molecule has 0 unspecified atom stereocenters. The van der Waals surface area contributed by atoms with E-state index in [1.54, 1.807) is 7.11 Å². The van der Waals surface area contributed by atoms with Gasteiger partial charge in [-0.15, -0.1) is 0 Å². The number of allylic oxidation sites excluding steroid dienone is 4. The zero-order chi connectivity index (χ0) is 27.1. The number of halogens is 3. The number of fused-ring (bicyclic) bond motifs is 7. The molecule has 210 valence electrons. The predicted octanol–water partition coefficient (Wildman–Crippen LogP) is 4.19. The largest absolute Gasteiger partial charge is 0.501 e. The molecular weight excluding hydrogens is 509 g/mol. The number of ether oxygens (including phenoxy) is 6. The number of alkyl halides is 3. The molecular formula is C27H33F3O8. The normalized spacial score (nSPS) is 46.0. The first-order chi connectivity index (χ1) is 17.9. The third kappa shape index (κ3) is 3.31. The molecule has 0 radical (unpaired) electrons. The van der Waals surface area contributed by atoms with Crippen molar-refractivity contribution >= 4 is 12.3 Å². The molecule has 2 heterocycles. The van der Waals surface area contributed by atoms with Crippen LogP contribution in [0, 0.1) is 28.6 Å². The number of carbonyl (C=O) groups excluding carboxylic acids is 2. The van der Waals surface area contributed by atoms with Crippen molar-refractivity contribution in [3.8, 4) is 0 Å². The first-order valence-electron chi connectivity index (χ1n) is 13.2. The van der Waals surface area contributed by atoms with Crippen LogP contribution in [0.1, 0.15) is 52.4 Å². The van der Waals surface area contributed by atoms with E-state index in [1.165, 1.54) is 0 Å². The van der Waals surface area contributed by atoms with Gasteiger partial charge in [0.15, 0.2) is 13.6 Å². The summed E-state index contributed by atoms with van der Waals surface area (Å²) in [6.07, 6.45) is -0.558. The Morgan fingerprint density at radius 1 is 1.16 bits per heavy atom. The highest BCUT2D eigenvalue weighted by Gasteiger charge is 2.77. The molecule has 2 aliphatic heterocycles.